The van der Waals surface area contributed by atoms with Crippen LogP contribution in [0, 0.1) is 0 Å². The molecule has 0 spiro atoms. The molecular formula is C26H30ClNO4S2. The van der Waals surface area contributed by atoms with Gasteiger partial charge in [0.05, 0.1) is 0 Å². The lowest BCUT2D eigenvalue weighted by Crippen LogP contribution is -2.45. The molecule has 0 saturated carbocycles. The van der Waals surface area contributed by atoms with Crippen LogP contribution in [0.25, 0.3) is 0 Å². The predicted octanol–water partition coefficient (Wildman–Crippen LogP) is 6.13. The number of nitrogens with zero attached hydrogens (tertiary/aromatic N) is 1. The number of hydrogen-bond acceptors (Lipinski definition) is 6. The van der Waals surface area contributed by atoms with Gasteiger partial charge in [-0.1, -0.05) is 73.2 Å². The van der Waals surface area contributed by atoms with E-state index in [1.54, 1.807) is 17.5 Å². The van der Waals surface area contributed by atoms with Crippen LogP contribution >= 0.6 is 23.7 Å². The lowest BCUT2D eigenvalue weighted by atomic mass is 9.88. The number of carbonyl (C=O) groups is 1. The maximum atomic E-state index is 12.9. The zero-order valence-electron chi connectivity index (χ0n) is 19.1. The van der Waals surface area contributed by atoms with Crippen molar-refractivity contribution in [3.05, 3.63) is 89.3 Å². The molecule has 4 rings (SSSR count). The number of benzene rings is 2. The highest BCUT2D eigenvalue weighted by Gasteiger charge is 2.33. The van der Waals surface area contributed by atoms with Crippen molar-refractivity contribution in [3.8, 4) is 0 Å². The van der Waals surface area contributed by atoms with Gasteiger partial charge >= 0.3 is 10.1 Å². The second kappa shape index (κ2) is 12.1. The molecular weight excluding hydrogens is 490 g/mol. The third-order valence-electron chi connectivity index (χ3n) is 6.39. The van der Waals surface area contributed by atoms with Gasteiger partial charge in [-0.25, -0.2) is 0 Å². The average molecular weight is 520 g/mol. The number of hydrogen-bond donors (Lipinski definition) is 0. The maximum Gasteiger partial charge on any atom is 0.307 e. The topological polar surface area (TPSA) is 63.7 Å². The van der Waals surface area contributed by atoms with Crippen molar-refractivity contribution in [1.82, 2.24) is 4.90 Å². The van der Waals surface area contributed by atoms with Crippen molar-refractivity contribution < 1.29 is 17.4 Å². The monoisotopic (exact) mass is 519 g/mol. The molecule has 1 fully saturated rings. The number of carbonyl (C=O) groups excluding carboxylic acids is 1. The average Bonchev–Trinajstić information content (AvgIpc) is 3.38. The molecule has 1 aliphatic heterocycles. The lowest BCUT2D eigenvalue weighted by molar-refractivity contribution is 0.0626. The second-order valence-corrected chi connectivity index (χ2v) is 11.3. The van der Waals surface area contributed by atoms with Crippen molar-refractivity contribution in [2.75, 3.05) is 7.05 Å². The molecule has 0 bridgehead atoms. The largest absolute Gasteiger partial charge is 0.307 e. The number of rotatable bonds is 9. The van der Waals surface area contributed by atoms with Crippen molar-refractivity contribution in [1.29, 1.82) is 0 Å². The van der Waals surface area contributed by atoms with Gasteiger partial charge in [0.25, 0.3) is 0 Å². The predicted molar refractivity (Wildman–Crippen MR) is 138 cm³/mol. The van der Waals surface area contributed by atoms with E-state index in [4.69, 9.17) is 4.18 Å². The zero-order valence-corrected chi connectivity index (χ0v) is 21.5. The molecule has 1 saturated heterocycles. The number of halogens is 1. The smallest absolute Gasteiger partial charge is 0.300 e. The fraction of sp³-hybridized carbons (Fsp3) is 0.346. The third kappa shape index (κ3) is 6.55. The van der Waals surface area contributed by atoms with Crippen LogP contribution in [0.5, 0.6) is 0 Å². The standard InChI is InChI=1S/C26H29NO4S2.ClH/c1-27-22(18-24(28)20-10-4-2-5-11-20)14-8-15-23(27)19-25(21-12-6-3-7-13-21)31-33(29,30)26-16-9-17-32-26;/h2-7,9-13,16-17,22-23,25H,8,14-15,18-19H2,1H3;1H. The number of likely N-dealkylation sites (tertiary alicyclic amines) is 1. The van der Waals surface area contributed by atoms with Crippen molar-refractivity contribution in [3.63, 3.8) is 0 Å². The van der Waals surface area contributed by atoms with Crippen LogP contribution in [0.3, 0.4) is 0 Å². The van der Waals surface area contributed by atoms with Gasteiger partial charge in [-0.2, -0.15) is 8.42 Å². The van der Waals surface area contributed by atoms with E-state index in [0.717, 1.165) is 41.7 Å². The first-order chi connectivity index (χ1) is 15.9. The number of ketones is 1. The summed E-state index contributed by atoms with van der Waals surface area (Å²) in [5, 5.41) is 1.73. The van der Waals surface area contributed by atoms with Gasteiger partial charge in [-0.05, 0) is 43.3 Å². The van der Waals surface area contributed by atoms with Gasteiger partial charge in [0, 0.05) is 24.1 Å². The Morgan fingerprint density at radius 1 is 1.00 bits per heavy atom. The van der Waals surface area contributed by atoms with Gasteiger partial charge in [-0.3, -0.25) is 13.9 Å². The minimum atomic E-state index is -3.86. The molecule has 3 atom stereocenters. The van der Waals surface area contributed by atoms with Crippen molar-refractivity contribution in [2.24, 2.45) is 0 Å². The molecule has 182 valence electrons. The Morgan fingerprint density at radius 2 is 1.65 bits per heavy atom. The van der Waals surface area contributed by atoms with E-state index >= 15 is 0 Å². The fourth-order valence-corrected chi connectivity index (χ4v) is 6.57. The van der Waals surface area contributed by atoms with Crippen LogP contribution < -0.4 is 0 Å². The molecule has 0 amide bonds. The molecule has 3 unspecified atom stereocenters. The molecule has 34 heavy (non-hydrogen) atoms. The van der Waals surface area contributed by atoms with E-state index < -0.39 is 16.2 Å². The summed E-state index contributed by atoms with van der Waals surface area (Å²) in [5.41, 5.74) is 1.58. The first kappa shape index (κ1) is 26.6. The molecule has 5 nitrogen and oxygen atoms in total. The minimum Gasteiger partial charge on any atom is -0.300 e. The quantitative estimate of drug-likeness (QED) is 0.251. The molecule has 0 radical (unpaired) electrons. The highest BCUT2D eigenvalue weighted by atomic mass is 35.5. The van der Waals surface area contributed by atoms with E-state index in [1.165, 1.54) is 0 Å². The normalized spacial score (nSPS) is 19.8. The maximum absolute atomic E-state index is 12.9. The summed E-state index contributed by atoms with van der Waals surface area (Å²) in [7, 11) is -1.81. The third-order valence-corrected chi connectivity index (χ3v) is 9.06. The molecule has 2 heterocycles. The Balaban J connectivity index is 0.00000324. The van der Waals surface area contributed by atoms with Crippen LogP contribution in [-0.4, -0.2) is 38.2 Å². The zero-order chi connectivity index (χ0) is 23.3. The highest BCUT2D eigenvalue weighted by molar-refractivity contribution is 7.89. The Morgan fingerprint density at radius 3 is 2.29 bits per heavy atom. The van der Waals surface area contributed by atoms with Crippen LogP contribution in [0.2, 0.25) is 0 Å². The minimum absolute atomic E-state index is 0. The Bertz CT molecular complexity index is 1140. The Hall–Kier alpha value is -2.03. The lowest BCUT2D eigenvalue weighted by Gasteiger charge is -2.40. The van der Waals surface area contributed by atoms with Crippen molar-refractivity contribution >= 4 is 39.6 Å². The summed E-state index contributed by atoms with van der Waals surface area (Å²) in [6, 6.07) is 22.5. The van der Waals surface area contributed by atoms with Gasteiger partial charge < -0.3 is 0 Å². The first-order valence-electron chi connectivity index (χ1n) is 11.3. The Kier molecular flexibility index (Phi) is 9.45. The Labute approximate surface area is 212 Å². The van der Waals surface area contributed by atoms with Gasteiger partial charge in [0.2, 0.25) is 0 Å². The fourth-order valence-electron chi connectivity index (χ4n) is 4.53. The number of Topliss-reactive ketones (excluding diaryl/α,β-unsaturated/α-hetero) is 1. The first-order valence-corrected chi connectivity index (χ1v) is 13.5. The van der Waals surface area contributed by atoms with Crippen LogP contribution in [0.4, 0.5) is 0 Å². The number of thiophene rings is 1. The van der Waals surface area contributed by atoms with E-state index in [1.807, 2.05) is 67.7 Å². The van der Waals surface area contributed by atoms with E-state index in [0.29, 0.717) is 12.8 Å². The summed E-state index contributed by atoms with van der Waals surface area (Å²) in [6.07, 6.45) is 3.31. The summed E-state index contributed by atoms with van der Waals surface area (Å²) in [4.78, 5) is 15.0. The van der Waals surface area contributed by atoms with Crippen LogP contribution in [-0.2, 0) is 14.3 Å². The van der Waals surface area contributed by atoms with E-state index in [9.17, 15) is 13.2 Å². The van der Waals surface area contributed by atoms with Crippen LogP contribution in [0.15, 0.2) is 82.4 Å². The van der Waals surface area contributed by atoms with Gasteiger partial charge in [0.15, 0.2) is 5.78 Å². The van der Waals surface area contributed by atoms with Crippen molar-refractivity contribution in [2.45, 2.75) is 54.5 Å². The molecule has 0 N–H and O–H groups in total. The summed E-state index contributed by atoms with van der Waals surface area (Å²) >= 11 is 1.16. The molecule has 8 heteroatoms. The molecule has 1 aromatic heterocycles. The van der Waals surface area contributed by atoms with E-state index in [-0.39, 0.29) is 34.5 Å². The number of piperidine rings is 1. The molecule has 0 aliphatic carbocycles. The summed E-state index contributed by atoms with van der Waals surface area (Å²) in [5.74, 6) is 0.143. The second-order valence-electron chi connectivity index (χ2n) is 8.51. The van der Waals surface area contributed by atoms with Gasteiger partial charge in [-0.15, -0.1) is 23.7 Å². The molecule has 1 aliphatic rings. The van der Waals surface area contributed by atoms with E-state index in [2.05, 4.69) is 4.90 Å². The highest BCUT2D eigenvalue weighted by Crippen LogP contribution is 2.34. The van der Waals surface area contributed by atoms with Crippen LogP contribution in [0.1, 0.15) is 54.1 Å². The summed E-state index contributed by atoms with van der Waals surface area (Å²) < 4.78 is 31.8. The SMILES string of the molecule is CN1C(CC(=O)c2ccccc2)CCCC1CC(OS(=O)(=O)c1cccs1)c1ccccc1.Cl. The van der Waals surface area contributed by atoms with Gasteiger partial charge in [0.1, 0.15) is 10.3 Å². The molecule has 3 aromatic rings. The molecule has 2 aromatic carbocycles. The summed E-state index contributed by atoms with van der Waals surface area (Å²) in [6.45, 7) is 0.